The average Bonchev–Trinajstić information content (AvgIpc) is 3.12. The lowest BCUT2D eigenvalue weighted by Gasteiger charge is -2.15. The fourth-order valence-corrected chi connectivity index (χ4v) is 5.31. The van der Waals surface area contributed by atoms with Crippen molar-refractivity contribution in [1.29, 1.82) is 0 Å². The summed E-state index contributed by atoms with van der Waals surface area (Å²) in [4.78, 5) is 36.8. The van der Waals surface area contributed by atoms with Crippen molar-refractivity contribution in [3.8, 4) is 0 Å². The summed E-state index contributed by atoms with van der Waals surface area (Å²) >= 11 is 0. The predicted octanol–water partition coefficient (Wildman–Crippen LogP) is 7.00. The van der Waals surface area contributed by atoms with E-state index in [1.165, 1.54) is 0 Å². The molecule has 0 aliphatic carbocycles. The second kappa shape index (κ2) is 16.3. The summed E-state index contributed by atoms with van der Waals surface area (Å²) in [7, 11) is 15.9. The monoisotopic (exact) mass is 664 g/mol. The van der Waals surface area contributed by atoms with Gasteiger partial charge in [-0.25, -0.2) is 29.9 Å². The Morgan fingerprint density at radius 1 is 0.340 bits per heavy atom. The molecule has 0 unspecified atom stereocenters. The number of aromatic nitrogens is 6. The van der Waals surface area contributed by atoms with Gasteiger partial charge < -0.3 is 19.6 Å². The molecule has 0 atom stereocenters. The number of anilines is 4. The van der Waals surface area contributed by atoms with Gasteiger partial charge in [0.2, 0.25) is 0 Å². The molecule has 0 aromatic carbocycles. The van der Waals surface area contributed by atoms with Gasteiger partial charge in [-0.1, -0.05) is 0 Å². The van der Waals surface area contributed by atoms with Gasteiger partial charge in [0.1, 0.15) is 23.3 Å². The molecule has 5 aromatic rings. The van der Waals surface area contributed by atoms with E-state index in [0.717, 1.165) is 45.5 Å². The van der Waals surface area contributed by atoms with Crippen LogP contribution < -0.4 is 19.6 Å². The van der Waals surface area contributed by atoms with Crippen molar-refractivity contribution >= 4 is 71.9 Å². The van der Waals surface area contributed by atoms with Crippen LogP contribution in [-0.2, 0) is 0 Å². The summed E-state index contributed by atoms with van der Waals surface area (Å²) in [5.41, 5.74) is 6.69. The lowest BCUT2D eigenvalue weighted by atomic mass is 10.1. The van der Waals surface area contributed by atoms with E-state index in [1.54, 1.807) is 24.8 Å². The van der Waals surface area contributed by atoms with Crippen molar-refractivity contribution in [2.45, 2.75) is 0 Å². The Kier molecular flexibility index (Phi) is 11.5. The van der Waals surface area contributed by atoms with Crippen LogP contribution in [0.3, 0.4) is 0 Å². The molecule has 0 bridgehead atoms. The van der Waals surface area contributed by atoms with Gasteiger partial charge in [0.05, 0.1) is 22.8 Å². The van der Waals surface area contributed by atoms with Gasteiger partial charge in [-0.05, 0) is 97.1 Å². The first kappa shape index (κ1) is 35.2. The SMILES string of the molecule is CN(C)c1ncccc1/C=C/c1nc(/C=C/c2cccnc2N(C)C)c(/C=C/c2cccnc2N(C)C)nc1/C=C/c1cccnc1N(C)C. The number of hydrogen-bond donors (Lipinski definition) is 0. The molecule has 254 valence electrons. The lowest BCUT2D eigenvalue weighted by molar-refractivity contribution is 1.06. The Morgan fingerprint density at radius 3 is 0.760 bits per heavy atom. The molecule has 0 saturated carbocycles. The van der Waals surface area contributed by atoms with Gasteiger partial charge in [0.25, 0.3) is 0 Å². The molecule has 0 saturated heterocycles. The lowest BCUT2D eigenvalue weighted by Crippen LogP contribution is -2.12. The molecule has 5 rings (SSSR count). The van der Waals surface area contributed by atoms with Gasteiger partial charge in [-0.3, -0.25) is 0 Å². The molecule has 0 fully saturated rings. The Morgan fingerprint density at radius 2 is 0.560 bits per heavy atom. The first-order chi connectivity index (χ1) is 24.1. The summed E-state index contributed by atoms with van der Waals surface area (Å²) in [6.07, 6.45) is 23.3. The van der Waals surface area contributed by atoms with E-state index in [-0.39, 0.29) is 0 Å². The van der Waals surface area contributed by atoms with Crippen molar-refractivity contribution in [3.05, 3.63) is 118 Å². The summed E-state index contributed by atoms with van der Waals surface area (Å²) in [5, 5.41) is 0. The third kappa shape index (κ3) is 8.65. The zero-order valence-electron chi connectivity index (χ0n) is 30.0. The molecule has 50 heavy (non-hydrogen) atoms. The second-order valence-electron chi connectivity index (χ2n) is 12.3. The molecule has 0 radical (unpaired) electrons. The Bertz CT molecular complexity index is 1750. The van der Waals surface area contributed by atoms with Crippen molar-refractivity contribution in [2.24, 2.45) is 0 Å². The zero-order chi connectivity index (χ0) is 35.6. The van der Waals surface area contributed by atoms with Crippen molar-refractivity contribution in [1.82, 2.24) is 29.9 Å². The van der Waals surface area contributed by atoms with Crippen LogP contribution in [0.15, 0.2) is 73.3 Å². The third-order valence-corrected chi connectivity index (χ3v) is 7.65. The van der Waals surface area contributed by atoms with Gasteiger partial charge in [-0.2, -0.15) is 0 Å². The van der Waals surface area contributed by atoms with Crippen LogP contribution in [0.5, 0.6) is 0 Å². The highest BCUT2D eigenvalue weighted by atomic mass is 15.1. The molecular weight excluding hydrogens is 621 g/mol. The van der Waals surface area contributed by atoms with Gasteiger partial charge in [0.15, 0.2) is 0 Å². The maximum Gasteiger partial charge on any atom is 0.135 e. The average molecular weight is 665 g/mol. The molecule has 0 spiro atoms. The van der Waals surface area contributed by atoms with Gasteiger partial charge in [0, 0.05) is 103 Å². The van der Waals surface area contributed by atoms with E-state index < -0.39 is 0 Å². The predicted molar refractivity (Wildman–Crippen MR) is 212 cm³/mol. The maximum atomic E-state index is 5.23. The van der Waals surface area contributed by atoms with Crippen molar-refractivity contribution < 1.29 is 0 Å². The van der Waals surface area contributed by atoms with Crippen LogP contribution in [0.1, 0.15) is 45.0 Å². The smallest absolute Gasteiger partial charge is 0.135 e. The van der Waals surface area contributed by atoms with Gasteiger partial charge in [-0.15, -0.1) is 0 Å². The number of rotatable bonds is 12. The van der Waals surface area contributed by atoms with E-state index in [2.05, 4.69) is 19.9 Å². The Balaban J connectivity index is 1.71. The van der Waals surface area contributed by atoms with Crippen LogP contribution in [0.25, 0.3) is 48.6 Å². The standard InChI is InChI=1S/C40H44N10/c1-47(2)37-29(13-9-25-41-37)17-21-33-34(22-18-30-14-10-26-42-38(30)48(3)4)46-36(24-20-32-16-12-28-44-40(32)50(7)8)35(45-33)23-19-31-15-11-27-43-39(31)49(5)6/h9-28H,1-8H3/b21-17+,22-18+,23-19+,24-20+. The summed E-state index contributed by atoms with van der Waals surface area (Å²) < 4.78 is 0. The fourth-order valence-electron chi connectivity index (χ4n) is 5.31. The molecule has 0 aliphatic heterocycles. The summed E-state index contributed by atoms with van der Waals surface area (Å²) in [6.45, 7) is 0. The molecular formula is C40H44N10. The molecule has 5 heterocycles. The van der Waals surface area contributed by atoms with E-state index in [4.69, 9.17) is 9.97 Å². The van der Waals surface area contributed by atoms with Gasteiger partial charge >= 0.3 is 0 Å². The van der Waals surface area contributed by atoms with E-state index in [1.807, 2.05) is 173 Å². The van der Waals surface area contributed by atoms with Crippen LogP contribution in [-0.4, -0.2) is 86.3 Å². The Hall–Kier alpha value is -6.16. The largest absolute Gasteiger partial charge is 0.362 e. The third-order valence-electron chi connectivity index (χ3n) is 7.65. The fraction of sp³-hybridized carbons (Fsp3) is 0.200. The van der Waals surface area contributed by atoms with Crippen LogP contribution in [0, 0.1) is 0 Å². The molecule has 0 amide bonds. The highest BCUT2D eigenvalue weighted by Gasteiger charge is 2.12. The van der Waals surface area contributed by atoms with Crippen LogP contribution in [0.4, 0.5) is 23.3 Å². The van der Waals surface area contributed by atoms with Crippen LogP contribution in [0.2, 0.25) is 0 Å². The minimum absolute atomic E-state index is 0.705. The number of hydrogen-bond acceptors (Lipinski definition) is 10. The molecule has 0 aliphatic rings. The Labute approximate surface area is 295 Å². The quantitative estimate of drug-likeness (QED) is 0.139. The molecule has 10 nitrogen and oxygen atoms in total. The van der Waals surface area contributed by atoms with E-state index in [9.17, 15) is 0 Å². The van der Waals surface area contributed by atoms with Crippen molar-refractivity contribution in [2.75, 3.05) is 76.0 Å². The maximum absolute atomic E-state index is 5.23. The number of pyridine rings is 4. The molecule has 5 aromatic heterocycles. The first-order valence-electron chi connectivity index (χ1n) is 16.3. The van der Waals surface area contributed by atoms with E-state index >= 15 is 0 Å². The highest BCUT2D eigenvalue weighted by Crippen LogP contribution is 2.25. The first-order valence-corrected chi connectivity index (χ1v) is 16.3. The summed E-state index contributed by atoms with van der Waals surface area (Å²) in [5.74, 6) is 3.45. The van der Waals surface area contributed by atoms with Crippen LogP contribution >= 0.6 is 0 Å². The van der Waals surface area contributed by atoms with E-state index in [0.29, 0.717) is 22.8 Å². The minimum atomic E-state index is 0.705. The van der Waals surface area contributed by atoms with Crippen molar-refractivity contribution in [3.63, 3.8) is 0 Å². The topological polar surface area (TPSA) is 90.3 Å². The minimum Gasteiger partial charge on any atom is -0.362 e. The second-order valence-corrected chi connectivity index (χ2v) is 12.3. The molecule has 0 N–H and O–H groups in total. The highest BCUT2D eigenvalue weighted by molar-refractivity contribution is 5.85. The number of nitrogens with zero attached hydrogens (tertiary/aromatic N) is 10. The normalized spacial score (nSPS) is 11.7. The zero-order valence-corrected chi connectivity index (χ0v) is 30.0. The summed E-state index contributed by atoms with van der Waals surface area (Å²) in [6, 6.07) is 15.9. The molecule has 10 heteroatoms.